The number of aliphatic imine (C=N–C) groups is 1. The summed E-state index contributed by atoms with van der Waals surface area (Å²) in [6.07, 6.45) is 1.73. The van der Waals surface area contributed by atoms with Crippen molar-refractivity contribution < 1.29 is 18.6 Å². The Morgan fingerprint density at radius 3 is 2.52 bits per heavy atom. The Labute approximate surface area is 159 Å². The molecular weight excluding hydrogens is 354 g/mol. The van der Waals surface area contributed by atoms with Crippen molar-refractivity contribution >= 4 is 5.96 Å². The van der Waals surface area contributed by atoms with Crippen LogP contribution in [-0.4, -0.2) is 61.3 Å². The second-order valence-electron chi connectivity index (χ2n) is 6.81. The van der Waals surface area contributed by atoms with E-state index < -0.39 is 12.7 Å². The van der Waals surface area contributed by atoms with Gasteiger partial charge in [-0.25, -0.2) is 0 Å². The molecule has 0 heterocycles. The Kier molecular flexibility index (Phi) is 8.24. The summed E-state index contributed by atoms with van der Waals surface area (Å²) in [5.41, 5.74) is 0.613. The highest BCUT2D eigenvalue weighted by Gasteiger charge is 2.28. The number of ether oxygens (including phenoxy) is 1. The molecule has 2 unspecified atom stereocenters. The van der Waals surface area contributed by atoms with Crippen molar-refractivity contribution in [3.63, 3.8) is 0 Å². The smallest absolute Gasteiger partial charge is 0.387 e. The second kappa shape index (κ2) is 10.4. The van der Waals surface area contributed by atoms with Gasteiger partial charge >= 0.3 is 6.61 Å². The van der Waals surface area contributed by atoms with Gasteiger partial charge in [-0.15, -0.1) is 0 Å². The molecule has 0 saturated heterocycles. The number of guanidine groups is 1. The van der Waals surface area contributed by atoms with E-state index in [1.807, 2.05) is 6.92 Å². The lowest BCUT2D eigenvalue weighted by atomic mass is 10.1. The molecule has 2 rings (SSSR count). The van der Waals surface area contributed by atoms with Gasteiger partial charge in [-0.3, -0.25) is 9.89 Å². The molecule has 0 aliphatic heterocycles. The molecule has 0 amide bonds. The van der Waals surface area contributed by atoms with Gasteiger partial charge in [0.25, 0.3) is 0 Å². The molecular formula is C19H30F2N4O2. The topological polar surface area (TPSA) is 69.1 Å². The summed E-state index contributed by atoms with van der Waals surface area (Å²) in [6, 6.07) is 7.00. The molecule has 0 radical (unpaired) electrons. The number of alkyl halides is 2. The fourth-order valence-electron chi connectivity index (χ4n) is 2.72. The average molecular weight is 384 g/mol. The molecule has 0 aromatic heterocycles. The van der Waals surface area contributed by atoms with E-state index in [4.69, 9.17) is 0 Å². The Morgan fingerprint density at radius 2 is 1.96 bits per heavy atom. The second-order valence-corrected chi connectivity index (χ2v) is 6.81. The molecule has 6 nitrogen and oxygen atoms in total. The number of halogens is 2. The van der Waals surface area contributed by atoms with E-state index in [1.54, 1.807) is 12.1 Å². The van der Waals surface area contributed by atoms with Crippen molar-refractivity contribution in [1.82, 2.24) is 15.5 Å². The fourth-order valence-corrected chi connectivity index (χ4v) is 2.72. The lowest BCUT2D eigenvalue weighted by Gasteiger charge is -2.23. The Bertz CT molecular complexity index is 594. The van der Waals surface area contributed by atoms with Gasteiger partial charge in [0.1, 0.15) is 5.75 Å². The number of hydrogen-bond acceptors (Lipinski definition) is 4. The monoisotopic (exact) mass is 384 g/mol. The number of aliphatic hydroxyl groups is 1. The first-order valence-corrected chi connectivity index (χ1v) is 9.37. The molecule has 0 spiro atoms. The van der Waals surface area contributed by atoms with E-state index >= 15 is 0 Å². The molecule has 8 heteroatoms. The first kappa shape index (κ1) is 21.4. The van der Waals surface area contributed by atoms with Crippen molar-refractivity contribution in [3.8, 4) is 5.75 Å². The number of hydrogen-bond donors (Lipinski definition) is 3. The molecule has 152 valence electrons. The molecule has 1 saturated carbocycles. The summed E-state index contributed by atoms with van der Waals surface area (Å²) >= 11 is 0. The first-order chi connectivity index (χ1) is 12.9. The van der Waals surface area contributed by atoms with Crippen molar-refractivity contribution in [1.29, 1.82) is 0 Å². The van der Waals surface area contributed by atoms with Gasteiger partial charge < -0.3 is 20.5 Å². The van der Waals surface area contributed by atoms with Gasteiger partial charge in [-0.1, -0.05) is 12.1 Å². The third-order valence-corrected chi connectivity index (χ3v) is 4.63. The summed E-state index contributed by atoms with van der Waals surface area (Å²) in [5, 5.41) is 16.6. The zero-order valence-electron chi connectivity index (χ0n) is 16.2. The van der Waals surface area contributed by atoms with Gasteiger partial charge in [0.05, 0.1) is 12.6 Å². The van der Waals surface area contributed by atoms with E-state index in [-0.39, 0.29) is 12.3 Å². The average Bonchev–Trinajstić information content (AvgIpc) is 3.48. The summed E-state index contributed by atoms with van der Waals surface area (Å²) in [6.45, 7) is 2.92. The summed E-state index contributed by atoms with van der Waals surface area (Å²) in [4.78, 5) is 6.95. The largest absolute Gasteiger partial charge is 0.435 e. The van der Waals surface area contributed by atoms with E-state index in [0.29, 0.717) is 36.7 Å². The summed E-state index contributed by atoms with van der Waals surface area (Å²) < 4.78 is 28.7. The maximum absolute atomic E-state index is 12.2. The summed E-state index contributed by atoms with van der Waals surface area (Å²) in [7, 11) is 2.13. The van der Waals surface area contributed by atoms with E-state index in [1.165, 1.54) is 25.0 Å². The molecule has 27 heavy (non-hydrogen) atoms. The molecule has 1 aromatic carbocycles. The minimum Gasteiger partial charge on any atom is -0.435 e. The van der Waals surface area contributed by atoms with E-state index in [0.717, 1.165) is 0 Å². The maximum Gasteiger partial charge on any atom is 0.387 e. The number of nitrogens with zero attached hydrogens (tertiary/aromatic N) is 2. The number of benzene rings is 1. The van der Waals surface area contributed by atoms with Crippen LogP contribution in [0.15, 0.2) is 29.3 Å². The van der Waals surface area contributed by atoms with Gasteiger partial charge in [-0.05, 0) is 51.4 Å². The zero-order chi connectivity index (χ0) is 19.8. The SMILES string of the molecule is CCNC(=NCC(C)N(C)C1CC1)NCC(O)c1ccc(OC(F)F)cc1. The van der Waals surface area contributed by atoms with Gasteiger partial charge in [0.15, 0.2) is 5.96 Å². The minimum absolute atomic E-state index is 0.0672. The lowest BCUT2D eigenvalue weighted by Crippen LogP contribution is -2.41. The highest BCUT2D eigenvalue weighted by Crippen LogP contribution is 2.26. The van der Waals surface area contributed by atoms with Crippen LogP contribution in [0.25, 0.3) is 0 Å². The molecule has 0 bridgehead atoms. The molecule has 3 N–H and O–H groups in total. The third kappa shape index (κ3) is 7.30. The minimum atomic E-state index is -2.86. The standard InChI is InChI=1S/C19H30F2N4O2/c1-4-22-19(23-11-13(2)25(3)15-7-8-15)24-12-17(26)14-5-9-16(10-6-14)27-18(20)21/h5-6,9-10,13,15,17-18,26H,4,7-8,11-12H2,1-3H3,(H2,22,23,24). The van der Waals surface area contributed by atoms with Crippen LogP contribution < -0.4 is 15.4 Å². The van der Waals surface area contributed by atoms with Crippen LogP contribution in [0.4, 0.5) is 8.78 Å². The van der Waals surface area contributed by atoms with E-state index in [9.17, 15) is 13.9 Å². The first-order valence-electron chi connectivity index (χ1n) is 9.37. The van der Waals surface area contributed by atoms with E-state index in [2.05, 4.69) is 39.2 Å². The number of rotatable bonds is 10. The Hall–Kier alpha value is -1.93. The van der Waals surface area contributed by atoms with Gasteiger partial charge in [-0.2, -0.15) is 8.78 Å². The number of aliphatic hydroxyl groups excluding tert-OH is 1. The van der Waals surface area contributed by atoms with Crippen molar-refractivity contribution in [2.24, 2.45) is 4.99 Å². The van der Waals surface area contributed by atoms with Crippen LogP contribution in [0.5, 0.6) is 5.75 Å². The molecule has 1 aliphatic rings. The molecule has 2 atom stereocenters. The van der Waals surface area contributed by atoms with Gasteiger partial charge in [0.2, 0.25) is 0 Å². The van der Waals surface area contributed by atoms with Crippen LogP contribution in [0.3, 0.4) is 0 Å². The normalized spacial score (nSPS) is 17.1. The fraction of sp³-hybridized carbons (Fsp3) is 0.632. The van der Waals surface area contributed by atoms with Crippen molar-refractivity contribution in [2.75, 3.05) is 26.7 Å². The number of nitrogens with one attached hydrogen (secondary N) is 2. The van der Waals surface area contributed by atoms with Crippen LogP contribution in [0.1, 0.15) is 38.4 Å². The molecule has 1 aliphatic carbocycles. The van der Waals surface area contributed by atoms with Gasteiger partial charge in [0, 0.05) is 25.2 Å². The highest BCUT2D eigenvalue weighted by molar-refractivity contribution is 5.79. The van der Waals surface area contributed by atoms with Crippen LogP contribution >= 0.6 is 0 Å². The third-order valence-electron chi connectivity index (χ3n) is 4.63. The summed E-state index contributed by atoms with van der Waals surface area (Å²) in [5.74, 6) is 0.711. The molecule has 1 fully saturated rings. The number of likely N-dealkylation sites (N-methyl/N-ethyl adjacent to an activating group) is 1. The Balaban J connectivity index is 1.85. The lowest BCUT2D eigenvalue weighted by molar-refractivity contribution is -0.0498. The quantitative estimate of drug-likeness (QED) is 0.427. The van der Waals surface area contributed by atoms with Crippen molar-refractivity contribution in [2.45, 2.75) is 51.5 Å². The zero-order valence-corrected chi connectivity index (χ0v) is 16.2. The van der Waals surface area contributed by atoms with Crippen LogP contribution in [0, 0.1) is 0 Å². The molecule has 1 aromatic rings. The Morgan fingerprint density at radius 1 is 1.30 bits per heavy atom. The maximum atomic E-state index is 12.2. The van der Waals surface area contributed by atoms with Crippen LogP contribution in [0.2, 0.25) is 0 Å². The predicted octanol–water partition coefficient (Wildman–Crippen LogP) is 2.36. The highest BCUT2D eigenvalue weighted by atomic mass is 19.3. The van der Waals surface area contributed by atoms with Crippen LogP contribution in [-0.2, 0) is 0 Å². The predicted molar refractivity (Wildman–Crippen MR) is 102 cm³/mol. The van der Waals surface area contributed by atoms with Crippen molar-refractivity contribution in [3.05, 3.63) is 29.8 Å².